The van der Waals surface area contributed by atoms with E-state index in [4.69, 9.17) is 9.47 Å². The topological polar surface area (TPSA) is 110 Å². The Morgan fingerprint density at radius 2 is 2.03 bits per heavy atom. The van der Waals surface area contributed by atoms with Gasteiger partial charge in [-0.2, -0.15) is 0 Å². The molecule has 34 heavy (non-hydrogen) atoms. The molecule has 1 amide bonds. The van der Waals surface area contributed by atoms with Gasteiger partial charge in [0.25, 0.3) is 0 Å². The molecule has 1 saturated carbocycles. The average molecular weight is 488 g/mol. The molecule has 2 aliphatic heterocycles. The lowest BCUT2D eigenvalue weighted by molar-refractivity contribution is -0.177. The van der Waals surface area contributed by atoms with Crippen molar-refractivity contribution in [1.29, 1.82) is 0 Å². The molecule has 2 aromatic rings. The summed E-state index contributed by atoms with van der Waals surface area (Å²) in [6.07, 6.45) is 9.06. The number of aliphatic hydroxyl groups is 1. The van der Waals surface area contributed by atoms with Crippen LogP contribution < -0.4 is 0 Å². The molecule has 2 aromatic heterocycles. The number of carbonyl (C=O) groups is 3. The lowest BCUT2D eigenvalue weighted by Gasteiger charge is -2.46. The summed E-state index contributed by atoms with van der Waals surface area (Å²) in [5, 5.41) is 10.2. The van der Waals surface area contributed by atoms with E-state index in [1.807, 2.05) is 24.4 Å². The van der Waals surface area contributed by atoms with Crippen molar-refractivity contribution in [2.75, 3.05) is 6.79 Å². The number of fused-ring (bicyclic) bond motifs is 2. The third kappa shape index (κ3) is 3.54. The van der Waals surface area contributed by atoms with Gasteiger partial charge in [-0.15, -0.1) is 11.3 Å². The Hall–Kier alpha value is -2.72. The molecule has 1 saturated heterocycles. The fraction of sp³-hybridized carbons (Fsp3) is 0.583. The molecule has 1 N–H and O–H groups in total. The van der Waals surface area contributed by atoms with Crippen molar-refractivity contribution >= 4 is 39.6 Å². The van der Waals surface area contributed by atoms with Crippen LogP contribution in [-0.4, -0.2) is 56.2 Å². The van der Waals surface area contributed by atoms with Crippen molar-refractivity contribution in [3.63, 3.8) is 0 Å². The molecule has 5 rings (SSSR count). The second-order valence-corrected chi connectivity index (χ2v) is 10.9. The molecule has 182 valence electrons. The largest absolute Gasteiger partial charge is 0.427 e. The maximum absolute atomic E-state index is 13.2. The van der Waals surface area contributed by atoms with E-state index in [1.54, 1.807) is 19.4 Å². The summed E-state index contributed by atoms with van der Waals surface area (Å²) in [7, 11) is 0. The highest BCUT2D eigenvalue weighted by atomic mass is 32.1. The number of hydrogen-bond donors (Lipinski definition) is 1. The Labute approximate surface area is 201 Å². The molecule has 3 aliphatic rings. The molecule has 0 aromatic carbocycles. The Balaban J connectivity index is 1.38. The van der Waals surface area contributed by atoms with E-state index in [-0.39, 0.29) is 29.5 Å². The second kappa shape index (κ2) is 8.49. The van der Waals surface area contributed by atoms with Crippen LogP contribution in [0.4, 0.5) is 0 Å². The van der Waals surface area contributed by atoms with Crippen molar-refractivity contribution in [1.82, 2.24) is 14.3 Å². The quantitative estimate of drug-likeness (QED) is 0.379. The molecule has 0 radical (unpaired) electrons. The van der Waals surface area contributed by atoms with E-state index in [2.05, 4.69) is 4.98 Å². The fourth-order valence-corrected chi connectivity index (χ4v) is 6.76. The minimum Gasteiger partial charge on any atom is -0.427 e. The SMILES string of the molecule is C[C@@H](O)[C@H]1C(=O)N2C(C(=O)OCOC(=O)C3(C)CCCCC3)=C(c3cn4cncc4s3)[C@H](C)[C@H]12. The normalized spacial score (nSPS) is 26.9. The zero-order valence-corrected chi connectivity index (χ0v) is 20.3. The Morgan fingerprint density at radius 3 is 2.71 bits per heavy atom. The van der Waals surface area contributed by atoms with Crippen LogP contribution >= 0.6 is 11.3 Å². The number of aliphatic hydroxyl groups excluding tert-OH is 1. The maximum atomic E-state index is 13.2. The molecule has 0 bridgehead atoms. The van der Waals surface area contributed by atoms with E-state index < -0.39 is 30.2 Å². The molecule has 9 nitrogen and oxygen atoms in total. The molecule has 2 fully saturated rings. The first-order chi connectivity index (χ1) is 16.2. The predicted molar refractivity (Wildman–Crippen MR) is 123 cm³/mol. The number of thiazole rings is 1. The van der Waals surface area contributed by atoms with E-state index in [1.165, 1.54) is 16.2 Å². The van der Waals surface area contributed by atoms with E-state index >= 15 is 0 Å². The van der Waals surface area contributed by atoms with Crippen LogP contribution in [-0.2, 0) is 23.9 Å². The predicted octanol–water partition coefficient (Wildman–Crippen LogP) is 2.98. The molecule has 1 aliphatic carbocycles. The number of nitrogens with zero attached hydrogens (tertiary/aromatic N) is 3. The molecule has 4 atom stereocenters. The van der Waals surface area contributed by atoms with Gasteiger partial charge >= 0.3 is 11.9 Å². The third-order valence-corrected chi connectivity index (χ3v) is 8.63. The molecule has 0 spiro atoms. The Kier molecular flexibility index (Phi) is 5.76. The molecule has 0 unspecified atom stereocenters. The number of amides is 1. The Morgan fingerprint density at radius 1 is 1.29 bits per heavy atom. The zero-order valence-electron chi connectivity index (χ0n) is 19.5. The van der Waals surface area contributed by atoms with Crippen LogP contribution in [0, 0.1) is 17.3 Å². The second-order valence-electron chi connectivity index (χ2n) is 9.85. The van der Waals surface area contributed by atoms with Gasteiger partial charge in [-0.05, 0) is 26.7 Å². The van der Waals surface area contributed by atoms with Gasteiger partial charge in [0.1, 0.15) is 10.5 Å². The first-order valence-corrected chi connectivity index (χ1v) is 12.6. The van der Waals surface area contributed by atoms with Gasteiger partial charge in [-0.3, -0.25) is 14.0 Å². The number of esters is 2. The lowest BCUT2D eigenvalue weighted by Crippen LogP contribution is -2.63. The minimum absolute atomic E-state index is 0.164. The summed E-state index contributed by atoms with van der Waals surface area (Å²) in [6.45, 7) is 4.94. The van der Waals surface area contributed by atoms with Crippen LogP contribution in [0.1, 0.15) is 57.8 Å². The van der Waals surface area contributed by atoms with Crippen molar-refractivity contribution in [2.45, 2.75) is 65.0 Å². The summed E-state index contributed by atoms with van der Waals surface area (Å²) in [4.78, 5) is 46.0. The van der Waals surface area contributed by atoms with Crippen LogP contribution in [0.15, 0.2) is 24.4 Å². The van der Waals surface area contributed by atoms with Crippen LogP contribution in [0.5, 0.6) is 0 Å². The van der Waals surface area contributed by atoms with Gasteiger partial charge in [-0.1, -0.05) is 26.2 Å². The van der Waals surface area contributed by atoms with E-state index in [9.17, 15) is 19.5 Å². The summed E-state index contributed by atoms with van der Waals surface area (Å²) in [5.41, 5.74) is 0.315. The maximum Gasteiger partial charge on any atom is 0.358 e. The molecule has 10 heteroatoms. The van der Waals surface area contributed by atoms with Crippen molar-refractivity contribution in [3.8, 4) is 0 Å². The minimum atomic E-state index is -0.826. The lowest BCUT2D eigenvalue weighted by atomic mass is 9.76. The van der Waals surface area contributed by atoms with Crippen LogP contribution in [0.25, 0.3) is 10.4 Å². The highest BCUT2D eigenvalue weighted by Crippen LogP contribution is 2.51. The first-order valence-electron chi connectivity index (χ1n) is 11.7. The number of rotatable bonds is 6. The van der Waals surface area contributed by atoms with E-state index in [0.717, 1.165) is 41.8 Å². The highest BCUT2D eigenvalue weighted by Gasteiger charge is 2.60. The van der Waals surface area contributed by atoms with Crippen LogP contribution in [0.3, 0.4) is 0 Å². The number of hydrogen-bond acceptors (Lipinski definition) is 8. The smallest absolute Gasteiger partial charge is 0.358 e. The number of imidazole rings is 1. The van der Waals surface area contributed by atoms with Crippen molar-refractivity contribution in [3.05, 3.63) is 29.3 Å². The molecular weight excluding hydrogens is 458 g/mol. The number of carbonyl (C=O) groups excluding carboxylic acids is 3. The highest BCUT2D eigenvalue weighted by molar-refractivity contribution is 7.18. The number of β-lactam (4-membered cyclic amide) rings is 1. The standard InChI is InChI=1S/C24H29N3O6S/c1-13-17(15-10-26-11-25-9-16(26)34-15)20(27-19(13)18(14(2)28)21(27)29)22(30)32-12-33-23(31)24(3)7-5-4-6-8-24/h9-11,13-14,18-19,28H,4-8,12H2,1-3H3/t13-,14+,18+,19+/m0/s1. The van der Waals surface area contributed by atoms with Gasteiger partial charge in [0.15, 0.2) is 0 Å². The summed E-state index contributed by atoms with van der Waals surface area (Å²) < 4.78 is 12.6. The number of ether oxygens (including phenoxy) is 2. The summed E-state index contributed by atoms with van der Waals surface area (Å²) in [5.74, 6) is -2.13. The van der Waals surface area contributed by atoms with Crippen LogP contribution in [0.2, 0.25) is 0 Å². The van der Waals surface area contributed by atoms with Gasteiger partial charge in [0.2, 0.25) is 12.7 Å². The van der Waals surface area contributed by atoms with E-state index in [0.29, 0.717) is 5.57 Å². The van der Waals surface area contributed by atoms with Gasteiger partial charge in [-0.25, -0.2) is 9.78 Å². The van der Waals surface area contributed by atoms with Gasteiger partial charge in [0, 0.05) is 17.7 Å². The molecule has 4 heterocycles. The molecular formula is C24H29N3O6S. The van der Waals surface area contributed by atoms with Crippen molar-refractivity contribution in [2.24, 2.45) is 17.3 Å². The Bertz CT molecular complexity index is 1150. The zero-order chi connectivity index (χ0) is 24.2. The van der Waals surface area contributed by atoms with Gasteiger partial charge < -0.3 is 19.5 Å². The monoisotopic (exact) mass is 487 g/mol. The average Bonchev–Trinajstić information content (AvgIpc) is 3.44. The summed E-state index contributed by atoms with van der Waals surface area (Å²) >= 11 is 1.46. The summed E-state index contributed by atoms with van der Waals surface area (Å²) in [6, 6.07) is -0.326. The third-order valence-electron chi connectivity index (χ3n) is 7.56. The first kappa shape index (κ1) is 23.0. The van der Waals surface area contributed by atoms with Crippen molar-refractivity contribution < 1.29 is 29.0 Å². The number of aromatic nitrogens is 2. The fourth-order valence-electron chi connectivity index (χ4n) is 5.66. The van der Waals surface area contributed by atoms with Gasteiger partial charge in [0.05, 0.1) is 40.9 Å².